The second kappa shape index (κ2) is 9.41. The van der Waals surface area contributed by atoms with E-state index >= 15 is 0 Å². The minimum atomic E-state index is -0.571. The summed E-state index contributed by atoms with van der Waals surface area (Å²) >= 11 is 6.09. The summed E-state index contributed by atoms with van der Waals surface area (Å²) in [7, 11) is 0. The summed E-state index contributed by atoms with van der Waals surface area (Å²) < 4.78 is 20.3. The van der Waals surface area contributed by atoms with Crippen molar-refractivity contribution in [3.63, 3.8) is 0 Å². The monoisotopic (exact) mass is 432 g/mol. The number of pyridine rings is 1. The number of nitrogens with one attached hydrogen (secondary N) is 1. The van der Waals surface area contributed by atoms with Gasteiger partial charge in [0.05, 0.1) is 10.7 Å². The van der Waals surface area contributed by atoms with Gasteiger partial charge in [0.2, 0.25) is 0 Å². The molecule has 1 N–H and O–H groups in total. The molecule has 3 aromatic carbocycles. The standard InChI is InChI=1S/C25H18ClFN2O2/c26-22-7-4-14-28-24(22)21-13-8-18(15-23(21)27)25(30)29-19-9-11-20(12-10-19)31-16-17-5-2-1-3-6-17/h1-15H,16H2,(H,29,30). The Labute approximate surface area is 184 Å². The topological polar surface area (TPSA) is 51.2 Å². The molecule has 0 aliphatic heterocycles. The highest BCUT2D eigenvalue weighted by molar-refractivity contribution is 6.33. The van der Waals surface area contributed by atoms with E-state index < -0.39 is 11.7 Å². The highest BCUT2D eigenvalue weighted by Gasteiger charge is 2.14. The van der Waals surface area contributed by atoms with Crippen LogP contribution in [0, 0.1) is 5.82 Å². The first kappa shape index (κ1) is 20.6. The summed E-state index contributed by atoms with van der Waals surface area (Å²) in [5, 5.41) is 3.10. The van der Waals surface area contributed by atoms with Crippen LogP contribution in [0.5, 0.6) is 5.75 Å². The first-order valence-corrected chi connectivity index (χ1v) is 9.96. The van der Waals surface area contributed by atoms with Crippen LogP contribution in [0.1, 0.15) is 15.9 Å². The van der Waals surface area contributed by atoms with E-state index in [2.05, 4.69) is 10.3 Å². The lowest BCUT2D eigenvalue weighted by Crippen LogP contribution is -2.12. The van der Waals surface area contributed by atoms with Crippen LogP contribution in [0.15, 0.2) is 91.1 Å². The molecule has 4 aromatic rings. The van der Waals surface area contributed by atoms with Gasteiger partial charge < -0.3 is 10.1 Å². The molecule has 0 spiro atoms. The minimum absolute atomic E-state index is 0.192. The van der Waals surface area contributed by atoms with Crippen molar-refractivity contribution in [3.05, 3.63) is 113 Å². The summed E-state index contributed by atoms with van der Waals surface area (Å²) in [6, 6.07) is 24.4. The molecular weight excluding hydrogens is 415 g/mol. The number of ether oxygens (including phenoxy) is 1. The van der Waals surface area contributed by atoms with Gasteiger partial charge in [-0.2, -0.15) is 0 Å². The number of carbonyl (C=O) groups is 1. The van der Waals surface area contributed by atoms with Crippen LogP contribution < -0.4 is 10.1 Å². The Kier molecular flexibility index (Phi) is 6.24. The van der Waals surface area contributed by atoms with E-state index in [0.717, 1.165) is 5.56 Å². The highest BCUT2D eigenvalue weighted by atomic mass is 35.5. The Morgan fingerprint density at radius 2 is 1.74 bits per heavy atom. The summed E-state index contributed by atoms with van der Waals surface area (Å²) in [4.78, 5) is 16.6. The number of rotatable bonds is 6. The molecule has 0 atom stereocenters. The molecule has 1 aromatic heterocycles. The third-order valence-electron chi connectivity index (χ3n) is 4.61. The SMILES string of the molecule is O=C(Nc1ccc(OCc2ccccc2)cc1)c1ccc(-c2ncccc2Cl)c(F)c1. The average Bonchev–Trinajstić information content (AvgIpc) is 2.80. The van der Waals surface area contributed by atoms with Crippen LogP contribution >= 0.6 is 11.6 Å². The van der Waals surface area contributed by atoms with Crippen LogP contribution in [0.2, 0.25) is 5.02 Å². The zero-order chi connectivity index (χ0) is 21.6. The summed E-state index contributed by atoms with van der Waals surface area (Å²) in [6.45, 7) is 0.457. The molecule has 0 saturated heterocycles. The lowest BCUT2D eigenvalue weighted by atomic mass is 10.1. The van der Waals surface area contributed by atoms with E-state index in [0.29, 0.717) is 28.8 Å². The predicted molar refractivity (Wildman–Crippen MR) is 120 cm³/mol. The van der Waals surface area contributed by atoms with Crippen molar-refractivity contribution < 1.29 is 13.9 Å². The molecule has 0 fully saturated rings. The van der Waals surface area contributed by atoms with Crippen molar-refractivity contribution in [2.75, 3.05) is 5.32 Å². The maximum atomic E-state index is 14.6. The molecule has 154 valence electrons. The fraction of sp³-hybridized carbons (Fsp3) is 0.0400. The zero-order valence-corrected chi connectivity index (χ0v) is 17.1. The van der Waals surface area contributed by atoms with Crippen molar-refractivity contribution >= 4 is 23.2 Å². The number of hydrogen-bond acceptors (Lipinski definition) is 3. The number of halogens is 2. The van der Waals surface area contributed by atoms with Crippen molar-refractivity contribution in [1.82, 2.24) is 4.98 Å². The quantitative estimate of drug-likeness (QED) is 0.385. The van der Waals surface area contributed by atoms with Crippen LogP contribution in [0.4, 0.5) is 10.1 Å². The van der Waals surface area contributed by atoms with Crippen LogP contribution in [0.3, 0.4) is 0 Å². The molecule has 0 unspecified atom stereocenters. The first-order chi connectivity index (χ1) is 15.1. The van der Waals surface area contributed by atoms with Crippen LogP contribution in [-0.4, -0.2) is 10.9 Å². The van der Waals surface area contributed by atoms with E-state index in [1.165, 1.54) is 24.4 Å². The average molecular weight is 433 g/mol. The molecular formula is C25H18ClFN2O2. The first-order valence-electron chi connectivity index (χ1n) is 9.59. The Balaban J connectivity index is 1.41. The summed E-state index contributed by atoms with van der Waals surface area (Å²) in [5.41, 5.74) is 2.41. The fourth-order valence-corrected chi connectivity index (χ4v) is 3.23. The van der Waals surface area contributed by atoms with E-state index in [1.54, 1.807) is 36.4 Å². The van der Waals surface area contributed by atoms with Gasteiger partial charge in [-0.25, -0.2) is 4.39 Å². The van der Waals surface area contributed by atoms with Crippen LogP contribution in [-0.2, 0) is 6.61 Å². The molecule has 4 rings (SSSR count). The fourth-order valence-electron chi connectivity index (χ4n) is 3.01. The maximum Gasteiger partial charge on any atom is 0.255 e. The Morgan fingerprint density at radius 3 is 2.45 bits per heavy atom. The van der Waals surface area contributed by atoms with Gasteiger partial charge in [0.1, 0.15) is 18.2 Å². The van der Waals surface area contributed by atoms with E-state index in [1.807, 2.05) is 30.3 Å². The van der Waals surface area contributed by atoms with E-state index in [4.69, 9.17) is 16.3 Å². The number of hydrogen-bond donors (Lipinski definition) is 1. The van der Waals surface area contributed by atoms with Gasteiger partial charge in [-0.05, 0) is 60.2 Å². The van der Waals surface area contributed by atoms with E-state index in [-0.39, 0.29) is 11.1 Å². The summed E-state index contributed by atoms with van der Waals surface area (Å²) in [5.74, 6) is -0.307. The number of aromatic nitrogens is 1. The van der Waals surface area contributed by atoms with Crippen LogP contribution in [0.25, 0.3) is 11.3 Å². The Morgan fingerprint density at radius 1 is 0.968 bits per heavy atom. The summed E-state index contributed by atoms with van der Waals surface area (Å²) in [6.07, 6.45) is 1.54. The van der Waals surface area contributed by atoms with Gasteiger partial charge in [-0.1, -0.05) is 41.9 Å². The largest absolute Gasteiger partial charge is 0.489 e. The molecule has 4 nitrogen and oxygen atoms in total. The minimum Gasteiger partial charge on any atom is -0.489 e. The van der Waals surface area contributed by atoms with Crippen molar-refractivity contribution in [3.8, 4) is 17.0 Å². The smallest absolute Gasteiger partial charge is 0.255 e. The lowest BCUT2D eigenvalue weighted by Gasteiger charge is -2.10. The normalized spacial score (nSPS) is 10.5. The van der Waals surface area contributed by atoms with Crippen molar-refractivity contribution in [2.45, 2.75) is 6.61 Å². The molecule has 31 heavy (non-hydrogen) atoms. The molecule has 0 aliphatic carbocycles. The second-order valence-electron chi connectivity index (χ2n) is 6.78. The molecule has 1 amide bonds. The Hall–Kier alpha value is -3.70. The lowest BCUT2D eigenvalue weighted by molar-refractivity contribution is 0.102. The van der Waals surface area contributed by atoms with Gasteiger partial charge in [-0.15, -0.1) is 0 Å². The third kappa shape index (κ3) is 5.08. The van der Waals surface area contributed by atoms with Gasteiger partial charge in [0, 0.05) is 23.0 Å². The second-order valence-corrected chi connectivity index (χ2v) is 7.19. The number of nitrogens with zero attached hydrogens (tertiary/aromatic N) is 1. The number of carbonyl (C=O) groups excluding carboxylic acids is 1. The van der Waals surface area contributed by atoms with Crippen molar-refractivity contribution in [1.29, 1.82) is 0 Å². The Bertz CT molecular complexity index is 1200. The number of benzene rings is 3. The highest BCUT2D eigenvalue weighted by Crippen LogP contribution is 2.28. The molecule has 0 radical (unpaired) electrons. The van der Waals surface area contributed by atoms with Crippen molar-refractivity contribution in [2.24, 2.45) is 0 Å². The molecule has 1 heterocycles. The zero-order valence-electron chi connectivity index (χ0n) is 16.4. The maximum absolute atomic E-state index is 14.6. The number of amides is 1. The van der Waals surface area contributed by atoms with Gasteiger partial charge in [0.25, 0.3) is 5.91 Å². The molecule has 0 bridgehead atoms. The number of anilines is 1. The third-order valence-corrected chi connectivity index (χ3v) is 4.91. The molecule has 0 saturated carbocycles. The van der Waals surface area contributed by atoms with Gasteiger partial charge >= 0.3 is 0 Å². The van der Waals surface area contributed by atoms with Gasteiger partial charge in [0.15, 0.2) is 0 Å². The van der Waals surface area contributed by atoms with Gasteiger partial charge in [-0.3, -0.25) is 9.78 Å². The molecule has 0 aliphatic rings. The molecule has 6 heteroatoms. The predicted octanol–water partition coefficient (Wildman–Crippen LogP) is 6.37. The van der Waals surface area contributed by atoms with E-state index in [9.17, 15) is 9.18 Å².